The number of benzene rings is 1. The van der Waals surface area contributed by atoms with Gasteiger partial charge in [-0.25, -0.2) is 9.37 Å². The van der Waals surface area contributed by atoms with E-state index in [1.54, 1.807) is 6.07 Å². The number of aryl methyl sites for hydroxylation is 2. The van der Waals surface area contributed by atoms with Gasteiger partial charge in [0.15, 0.2) is 0 Å². The lowest BCUT2D eigenvalue weighted by atomic mass is 9.83. The number of rotatable bonds is 11. The van der Waals surface area contributed by atoms with E-state index in [-0.39, 0.29) is 18.1 Å². The van der Waals surface area contributed by atoms with Crippen molar-refractivity contribution in [2.75, 3.05) is 38.7 Å². The van der Waals surface area contributed by atoms with Gasteiger partial charge in [0, 0.05) is 38.1 Å². The van der Waals surface area contributed by atoms with Crippen molar-refractivity contribution in [3.05, 3.63) is 58.5 Å². The summed E-state index contributed by atoms with van der Waals surface area (Å²) in [4.78, 5) is 19.1. The van der Waals surface area contributed by atoms with Crippen LogP contribution in [-0.2, 0) is 27.1 Å². The lowest BCUT2D eigenvalue weighted by molar-refractivity contribution is -0.146. The molecule has 5 rings (SSSR count). The van der Waals surface area contributed by atoms with Crippen LogP contribution in [0.3, 0.4) is 0 Å². The minimum atomic E-state index is -0.943. The highest BCUT2D eigenvalue weighted by Crippen LogP contribution is 2.38. The molecule has 3 aliphatic rings. The van der Waals surface area contributed by atoms with E-state index in [4.69, 9.17) is 14.5 Å². The molecule has 3 heterocycles. The smallest absolute Gasteiger partial charge is 0.325 e. The zero-order chi connectivity index (χ0) is 26.5. The number of carboxylic acids is 1. The molecule has 38 heavy (non-hydrogen) atoms. The van der Waals surface area contributed by atoms with Crippen molar-refractivity contribution in [3.8, 4) is 0 Å². The summed E-state index contributed by atoms with van der Waals surface area (Å²) in [5, 5.41) is 13.6. The molecule has 1 saturated carbocycles. The Balaban J connectivity index is 1.09. The average Bonchev–Trinajstić information content (AvgIpc) is 2.90. The molecule has 2 aromatic rings. The maximum absolute atomic E-state index is 14.3. The number of anilines is 1. The lowest BCUT2D eigenvalue weighted by Gasteiger charge is -2.43. The largest absolute Gasteiger partial charge is 0.480 e. The number of ether oxygens (including phenoxy) is 2. The first-order valence-electron chi connectivity index (χ1n) is 14.2. The fourth-order valence-electron chi connectivity index (χ4n) is 6.07. The van der Waals surface area contributed by atoms with E-state index in [0.29, 0.717) is 25.4 Å². The zero-order valence-electron chi connectivity index (χ0n) is 22.3. The number of pyridine rings is 1. The summed E-state index contributed by atoms with van der Waals surface area (Å²) in [5.41, 5.74) is 3.95. The zero-order valence-corrected chi connectivity index (χ0v) is 22.3. The molecule has 1 aromatic heterocycles. The predicted molar refractivity (Wildman–Crippen MR) is 144 cm³/mol. The van der Waals surface area contributed by atoms with Gasteiger partial charge in [0.05, 0.1) is 6.10 Å². The molecule has 1 saturated heterocycles. The molecule has 2 N–H and O–H groups in total. The fraction of sp³-hybridized carbons (Fsp3) is 0.600. The number of unbranched alkanes of at least 4 members (excludes halogenated alkanes) is 1. The van der Waals surface area contributed by atoms with E-state index in [2.05, 4.69) is 17.4 Å². The van der Waals surface area contributed by atoms with Crippen LogP contribution in [0.4, 0.5) is 10.2 Å². The maximum atomic E-state index is 14.3. The number of halogens is 1. The van der Waals surface area contributed by atoms with Gasteiger partial charge >= 0.3 is 5.97 Å². The molecular formula is C30H40FN3O4. The van der Waals surface area contributed by atoms with Crippen molar-refractivity contribution in [2.24, 2.45) is 0 Å². The van der Waals surface area contributed by atoms with E-state index in [1.807, 2.05) is 11.9 Å². The third-order valence-electron chi connectivity index (χ3n) is 8.42. The summed E-state index contributed by atoms with van der Waals surface area (Å²) in [6.07, 6.45) is 8.59. The van der Waals surface area contributed by atoms with Crippen LogP contribution in [-0.4, -0.2) is 66.5 Å². The van der Waals surface area contributed by atoms with Crippen LogP contribution in [0, 0.1) is 5.82 Å². The summed E-state index contributed by atoms with van der Waals surface area (Å²) >= 11 is 0. The number of fused-ring (bicyclic) bond motifs is 1. The lowest BCUT2D eigenvalue weighted by Crippen LogP contribution is -2.49. The molecule has 0 bridgehead atoms. The van der Waals surface area contributed by atoms with Crippen molar-refractivity contribution in [3.63, 3.8) is 0 Å². The molecule has 2 fully saturated rings. The molecule has 1 unspecified atom stereocenters. The van der Waals surface area contributed by atoms with Crippen LogP contribution in [0.5, 0.6) is 0 Å². The number of carboxylic acid groups (broad SMARTS) is 1. The molecule has 1 aromatic carbocycles. The van der Waals surface area contributed by atoms with Crippen molar-refractivity contribution >= 4 is 11.8 Å². The number of hydrogen-bond acceptors (Lipinski definition) is 6. The summed E-state index contributed by atoms with van der Waals surface area (Å²) in [6, 6.07) is 8.19. The Kier molecular flexibility index (Phi) is 8.92. The summed E-state index contributed by atoms with van der Waals surface area (Å²) in [7, 11) is 1.85. The third kappa shape index (κ3) is 6.35. The Labute approximate surface area is 224 Å². The Bertz CT molecular complexity index is 1100. The van der Waals surface area contributed by atoms with Crippen LogP contribution in [0.1, 0.15) is 79.3 Å². The first-order chi connectivity index (χ1) is 18.5. The van der Waals surface area contributed by atoms with Crippen molar-refractivity contribution < 1.29 is 23.8 Å². The van der Waals surface area contributed by atoms with Gasteiger partial charge in [0.1, 0.15) is 17.7 Å². The summed E-state index contributed by atoms with van der Waals surface area (Å²) in [5.74, 6) is -0.0962. The van der Waals surface area contributed by atoms with Gasteiger partial charge in [-0.1, -0.05) is 12.1 Å². The molecule has 8 heteroatoms. The Morgan fingerprint density at radius 1 is 1.24 bits per heavy atom. The number of nitrogens with zero attached hydrogens (tertiary/aromatic N) is 2. The predicted octanol–water partition coefficient (Wildman–Crippen LogP) is 5.10. The second-order valence-corrected chi connectivity index (χ2v) is 11.0. The number of hydrogen-bond donors (Lipinski definition) is 2. The second kappa shape index (κ2) is 12.5. The van der Waals surface area contributed by atoms with E-state index in [0.717, 1.165) is 75.0 Å². The van der Waals surface area contributed by atoms with E-state index in [9.17, 15) is 14.3 Å². The highest BCUT2D eigenvalue weighted by molar-refractivity contribution is 5.76. The number of carbonyl (C=O) groups is 1. The number of aromatic nitrogens is 1. The molecule has 2 aliphatic heterocycles. The minimum absolute atomic E-state index is 0.0964. The Hall–Kier alpha value is -2.55. The Morgan fingerprint density at radius 3 is 2.84 bits per heavy atom. The van der Waals surface area contributed by atoms with Crippen molar-refractivity contribution in [2.45, 2.75) is 81.9 Å². The Morgan fingerprint density at radius 2 is 2.05 bits per heavy atom. The van der Waals surface area contributed by atoms with Crippen molar-refractivity contribution in [1.29, 1.82) is 0 Å². The summed E-state index contributed by atoms with van der Waals surface area (Å²) in [6.45, 7) is 3.00. The van der Waals surface area contributed by atoms with Gasteiger partial charge in [-0.05, 0) is 106 Å². The molecule has 7 nitrogen and oxygen atoms in total. The first-order valence-corrected chi connectivity index (χ1v) is 14.2. The van der Waals surface area contributed by atoms with Crippen LogP contribution >= 0.6 is 0 Å². The molecular weight excluding hydrogens is 485 g/mol. The molecule has 0 spiro atoms. The topological polar surface area (TPSA) is 83.9 Å². The third-order valence-corrected chi connectivity index (χ3v) is 8.42. The maximum Gasteiger partial charge on any atom is 0.325 e. The van der Waals surface area contributed by atoms with Gasteiger partial charge in [-0.3, -0.25) is 9.69 Å². The molecule has 1 atom stereocenters. The van der Waals surface area contributed by atoms with Gasteiger partial charge < -0.3 is 19.9 Å². The van der Waals surface area contributed by atoms with Crippen LogP contribution in [0.15, 0.2) is 30.3 Å². The van der Waals surface area contributed by atoms with Gasteiger partial charge in [-0.15, -0.1) is 0 Å². The second-order valence-electron chi connectivity index (χ2n) is 11.0. The number of aliphatic carboxylic acids is 1. The van der Waals surface area contributed by atoms with Crippen LogP contribution in [0.25, 0.3) is 0 Å². The fourth-order valence-corrected chi connectivity index (χ4v) is 6.07. The molecule has 206 valence electrons. The normalized spacial score (nSPS) is 22.4. The number of nitrogens with one attached hydrogen (secondary N) is 1. The quantitative estimate of drug-likeness (QED) is 0.395. The monoisotopic (exact) mass is 525 g/mol. The highest BCUT2D eigenvalue weighted by Gasteiger charge is 2.40. The van der Waals surface area contributed by atoms with Crippen LogP contribution < -0.4 is 5.32 Å². The SMILES string of the molecule is CN(C1CC(OCCCCc2ccc3c(n2)NCCC3)C1)C(C(=O)O)c1cc(F)ccc1C1CCOCC1. The van der Waals surface area contributed by atoms with Gasteiger partial charge in [0.2, 0.25) is 0 Å². The van der Waals surface area contributed by atoms with Crippen LogP contribution in [0.2, 0.25) is 0 Å². The molecule has 1 aliphatic carbocycles. The minimum Gasteiger partial charge on any atom is -0.480 e. The van der Waals surface area contributed by atoms with E-state index >= 15 is 0 Å². The highest BCUT2D eigenvalue weighted by atomic mass is 19.1. The van der Waals surface area contributed by atoms with E-state index in [1.165, 1.54) is 24.1 Å². The average molecular weight is 526 g/mol. The summed E-state index contributed by atoms with van der Waals surface area (Å²) < 4.78 is 25.9. The first kappa shape index (κ1) is 27.0. The van der Waals surface area contributed by atoms with Gasteiger partial charge in [-0.2, -0.15) is 0 Å². The van der Waals surface area contributed by atoms with Gasteiger partial charge in [0.25, 0.3) is 0 Å². The molecule has 0 radical (unpaired) electrons. The standard InChI is InChI=1S/C30H40FN3O4/c1-34(28(30(35)36)27-17-22(31)8-10-26(27)20-11-15-37-16-12-20)24-18-25(19-24)38-14-3-2-6-23-9-7-21-5-4-13-32-29(21)33-23/h7-10,17,20,24-25,28H,2-6,11-16,18-19H2,1H3,(H,32,33)(H,35,36). The van der Waals surface area contributed by atoms with Crippen molar-refractivity contribution in [1.82, 2.24) is 9.88 Å². The number of likely N-dealkylation sites (N-methyl/N-ethyl adjacent to an activating group) is 1. The van der Waals surface area contributed by atoms with E-state index < -0.39 is 17.8 Å². The molecule has 0 amide bonds.